The number of fused-ring (bicyclic) bond motifs is 1. The van der Waals surface area contributed by atoms with Crippen LogP contribution in [0.2, 0.25) is 0 Å². The maximum Gasteiger partial charge on any atom is 0.319 e. The summed E-state index contributed by atoms with van der Waals surface area (Å²) in [5.41, 5.74) is 0.643. The lowest BCUT2D eigenvalue weighted by molar-refractivity contribution is -0.126. The predicted octanol–water partition coefficient (Wildman–Crippen LogP) is 1.80. The van der Waals surface area contributed by atoms with Gasteiger partial charge in [-0.3, -0.25) is 9.59 Å². The molecule has 0 bridgehead atoms. The standard InChI is InChI=1S/C21H30N4O3/c1-23(2)21(28)24-13-7-14-25(20(27)16-8-4-3-5-9-16)18-11-6-10-17(18)19(26)22-12-15-24/h3-5,8-9,17-18H,6-7,10-15H2,1-2H3,(H,22,26). The van der Waals surface area contributed by atoms with Crippen molar-refractivity contribution in [3.8, 4) is 0 Å². The van der Waals surface area contributed by atoms with Crippen molar-refractivity contribution in [2.75, 3.05) is 40.3 Å². The fourth-order valence-electron chi connectivity index (χ4n) is 4.25. The molecule has 7 heteroatoms. The quantitative estimate of drug-likeness (QED) is 0.800. The Morgan fingerprint density at radius 3 is 2.50 bits per heavy atom. The van der Waals surface area contributed by atoms with Crippen LogP contribution in [-0.4, -0.2) is 78.9 Å². The van der Waals surface area contributed by atoms with Crippen LogP contribution in [0.3, 0.4) is 0 Å². The molecule has 2 fully saturated rings. The summed E-state index contributed by atoms with van der Waals surface area (Å²) in [6, 6.07) is 9.09. The summed E-state index contributed by atoms with van der Waals surface area (Å²) in [6.07, 6.45) is 3.29. The van der Waals surface area contributed by atoms with E-state index in [2.05, 4.69) is 5.32 Å². The van der Waals surface area contributed by atoms with Gasteiger partial charge in [-0.15, -0.1) is 0 Å². The SMILES string of the molecule is CN(C)C(=O)N1CCCN(C(=O)c2ccccc2)C2CCCC2C(=O)NCC1. The Labute approximate surface area is 166 Å². The molecule has 7 nitrogen and oxygen atoms in total. The van der Waals surface area contributed by atoms with Gasteiger partial charge in [0.05, 0.1) is 5.92 Å². The summed E-state index contributed by atoms with van der Waals surface area (Å²) in [7, 11) is 3.45. The maximum atomic E-state index is 13.2. The highest BCUT2D eigenvalue weighted by atomic mass is 16.2. The molecule has 28 heavy (non-hydrogen) atoms. The zero-order valence-corrected chi connectivity index (χ0v) is 16.8. The Morgan fingerprint density at radius 2 is 1.79 bits per heavy atom. The number of carbonyl (C=O) groups is 3. The normalized spacial score (nSPS) is 23.4. The van der Waals surface area contributed by atoms with Gasteiger partial charge in [0.15, 0.2) is 0 Å². The number of hydrogen-bond acceptors (Lipinski definition) is 3. The predicted molar refractivity (Wildman–Crippen MR) is 107 cm³/mol. The van der Waals surface area contributed by atoms with Crippen molar-refractivity contribution in [1.29, 1.82) is 0 Å². The average Bonchev–Trinajstić information content (AvgIpc) is 3.17. The van der Waals surface area contributed by atoms with Gasteiger partial charge in [0, 0.05) is 51.9 Å². The van der Waals surface area contributed by atoms with Gasteiger partial charge in [-0.2, -0.15) is 0 Å². The van der Waals surface area contributed by atoms with Gasteiger partial charge in [-0.1, -0.05) is 24.6 Å². The van der Waals surface area contributed by atoms with Crippen molar-refractivity contribution < 1.29 is 14.4 Å². The molecule has 2 atom stereocenters. The largest absolute Gasteiger partial charge is 0.354 e. The third-order valence-corrected chi connectivity index (χ3v) is 5.66. The van der Waals surface area contributed by atoms with Crippen LogP contribution in [0, 0.1) is 5.92 Å². The molecule has 1 N–H and O–H groups in total. The molecule has 0 aromatic heterocycles. The molecule has 1 aliphatic heterocycles. The Bertz CT molecular complexity index is 707. The van der Waals surface area contributed by atoms with Crippen molar-refractivity contribution in [3.63, 3.8) is 0 Å². The van der Waals surface area contributed by atoms with E-state index in [4.69, 9.17) is 0 Å². The number of urea groups is 1. The number of nitrogens with zero attached hydrogens (tertiary/aromatic N) is 3. The number of hydrogen-bond donors (Lipinski definition) is 1. The third kappa shape index (κ3) is 4.46. The van der Waals surface area contributed by atoms with Crippen LogP contribution in [0.15, 0.2) is 30.3 Å². The first-order valence-electron chi connectivity index (χ1n) is 10.1. The minimum absolute atomic E-state index is 0.00693. The van der Waals surface area contributed by atoms with E-state index in [9.17, 15) is 14.4 Å². The third-order valence-electron chi connectivity index (χ3n) is 5.66. The Morgan fingerprint density at radius 1 is 1.04 bits per heavy atom. The van der Waals surface area contributed by atoms with Gasteiger partial charge in [0.25, 0.3) is 5.91 Å². The maximum absolute atomic E-state index is 13.2. The highest BCUT2D eigenvalue weighted by Gasteiger charge is 2.39. The number of rotatable bonds is 1. The first-order valence-corrected chi connectivity index (χ1v) is 10.1. The van der Waals surface area contributed by atoms with Gasteiger partial charge in [-0.25, -0.2) is 4.79 Å². The second-order valence-corrected chi connectivity index (χ2v) is 7.78. The highest BCUT2D eigenvalue weighted by molar-refractivity contribution is 5.95. The molecule has 152 valence electrons. The van der Waals surface area contributed by atoms with Gasteiger partial charge >= 0.3 is 6.03 Å². The van der Waals surface area contributed by atoms with E-state index in [-0.39, 0.29) is 29.8 Å². The zero-order valence-electron chi connectivity index (χ0n) is 16.8. The van der Waals surface area contributed by atoms with E-state index in [1.807, 2.05) is 35.2 Å². The van der Waals surface area contributed by atoms with Crippen LogP contribution in [0.25, 0.3) is 0 Å². The number of amides is 4. The topological polar surface area (TPSA) is 73.0 Å². The summed E-state index contributed by atoms with van der Waals surface area (Å²) < 4.78 is 0. The second-order valence-electron chi connectivity index (χ2n) is 7.78. The molecule has 1 aromatic carbocycles. The van der Waals surface area contributed by atoms with Gasteiger partial charge in [0.1, 0.15) is 0 Å². The highest BCUT2D eigenvalue weighted by Crippen LogP contribution is 2.31. The zero-order chi connectivity index (χ0) is 20.1. The van der Waals surface area contributed by atoms with Crippen LogP contribution in [0.1, 0.15) is 36.0 Å². The van der Waals surface area contributed by atoms with Gasteiger partial charge in [0.2, 0.25) is 5.91 Å². The van der Waals surface area contributed by atoms with E-state index in [1.54, 1.807) is 23.9 Å². The van der Waals surface area contributed by atoms with E-state index < -0.39 is 0 Å². The van der Waals surface area contributed by atoms with E-state index in [1.165, 1.54) is 0 Å². The van der Waals surface area contributed by atoms with Gasteiger partial charge < -0.3 is 20.0 Å². The van der Waals surface area contributed by atoms with Crippen LogP contribution >= 0.6 is 0 Å². The van der Waals surface area contributed by atoms with Crippen molar-refractivity contribution >= 4 is 17.8 Å². The molecule has 3 rings (SSSR count). The van der Waals surface area contributed by atoms with E-state index in [0.717, 1.165) is 19.3 Å². The minimum Gasteiger partial charge on any atom is -0.354 e. The lowest BCUT2D eigenvalue weighted by Crippen LogP contribution is -2.47. The summed E-state index contributed by atoms with van der Waals surface area (Å²) in [6.45, 7) is 2.02. The Kier molecular flexibility index (Phi) is 6.54. The second kappa shape index (κ2) is 9.08. The fraction of sp³-hybridized carbons (Fsp3) is 0.571. The molecule has 2 aliphatic rings. The molecule has 1 heterocycles. The first kappa shape index (κ1) is 20.2. The Balaban J connectivity index is 1.83. The molecule has 1 aliphatic carbocycles. The van der Waals surface area contributed by atoms with Crippen LogP contribution < -0.4 is 5.32 Å². The molecular weight excluding hydrogens is 356 g/mol. The lowest BCUT2D eigenvalue weighted by Gasteiger charge is -2.33. The minimum atomic E-state index is -0.177. The summed E-state index contributed by atoms with van der Waals surface area (Å²) in [5, 5.41) is 2.99. The number of benzene rings is 1. The Hall–Kier alpha value is -2.57. The van der Waals surface area contributed by atoms with E-state index in [0.29, 0.717) is 38.2 Å². The molecule has 1 saturated heterocycles. The summed E-state index contributed by atoms with van der Waals surface area (Å²) >= 11 is 0. The van der Waals surface area contributed by atoms with Gasteiger partial charge in [-0.05, 0) is 31.4 Å². The average molecular weight is 386 g/mol. The van der Waals surface area contributed by atoms with Crippen molar-refractivity contribution in [3.05, 3.63) is 35.9 Å². The van der Waals surface area contributed by atoms with Crippen molar-refractivity contribution in [2.45, 2.75) is 31.7 Å². The van der Waals surface area contributed by atoms with Crippen LogP contribution in [0.5, 0.6) is 0 Å². The smallest absolute Gasteiger partial charge is 0.319 e. The van der Waals surface area contributed by atoms with Crippen LogP contribution in [0.4, 0.5) is 4.79 Å². The number of nitrogens with one attached hydrogen (secondary N) is 1. The fourth-order valence-corrected chi connectivity index (χ4v) is 4.25. The lowest BCUT2D eigenvalue weighted by atomic mass is 9.99. The monoisotopic (exact) mass is 386 g/mol. The molecular formula is C21H30N4O3. The number of carbonyl (C=O) groups excluding carboxylic acids is 3. The van der Waals surface area contributed by atoms with Crippen molar-refractivity contribution in [2.24, 2.45) is 5.92 Å². The molecule has 1 saturated carbocycles. The summed E-state index contributed by atoms with van der Waals surface area (Å²) in [5.74, 6) is -0.216. The van der Waals surface area contributed by atoms with Crippen LogP contribution in [-0.2, 0) is 4.79 Å². The molecule has 0 spiro atoms. The molecule has 1 aromatic rings. The van der Waals surface area contributed by atoms with E-state index >= 15 is 0 Å². The first-order chi connectivity index (χ1) is 13.5. The molecule has 4 amide bonds. The van der Waals surface area contributed by atoms with Crippen molar-refractivity contribution in [1.82, 2.24) is 20.0 Å². The molecule has 2 unspecified atom stereocenters. The molecule has 0 radical (unpaired) electrons. The summed E-state index contributed by atoms with van der Waals surface area (Å²) in [4.78, 5) is 43.6.